The van der Waals surface area contributed by atoms with Gasteiger partial charge >= 0.3 is 5.97 Å². The number of amides is 1. The molecule has 0 aromatic heterocycles. The molecule has 19 heavy (non-hydrogen) atoms. The molecule has 1 saturated heterocycles. The molecule has 0 aromatic carbocycles. The zero-order chi connectivity index (χ0) is 14.4. The van der Waals surface area contributed by atoms with E-state index in [0.29, 0.717) is 13.1 Å². The van der Waals surface area contributed by atoms with E-state index in [1.807, 2.05) is 11.8 Å². The summed E-state index contributed by atoms with van der Waals surface area (Å²) < 4.78 is 0. The van der Waals surface area contributed by atoms with Crippen LogP contribution in [0.25, 0.3) is 0 Å². The summed E-state index contributed by atoms with van der Waals surface area (Å²) in [6.07, 6.45) is 3.86. The van der Waals surface area contributed by atoms with Crippen LogP contribution < -0.4 is 5.32 Å². The van der Waals surface area contributed by atoms with Gasteiger partial charge in [-0.15, -0.1) is 0 Å². The predicted octanol–water partition coefficient (Wildman–Crippen LogP) is 1.48. The third kappa shape index (κ3) is 4.20. The molecule has 0 aromatic rings. The van der Waals surface area contributed by atoms with Crippen molar-refractivity contribution in [3.8, 4) is 0 Å². The molecular weight excluding hydrogens is 244 g/mol. The minimum atomic E-state index is -0.819. The Morgan fingerprint density at radius 1 is 1.47 bits per heavy atom. The number of nitrogens with one attached hydrogen (secondary N) is 1. The maximum atomic E-state index is 12.0. The van der Waals surface area contributed by atoms with Crippen LogP contribution in [0.2, 0.25) is 0 Å². The zero-order valence-corrected chi connectivity index (χ0v) is 12.2. The van der Waals surface area contributed by atoms with Crippen LogP contribution in [0.4, 0.5) is 0 Å². The fourth-order valence-corrected chi connectivity index (χ4v) is 2.73. The maximum Gasteiger partial charge on any atom is 0.321 e. The standard InChI is InChI=1S/C14H26N2O3/c1-4-5-8-15-13(17)11(3)16-9-6-7-10(2)12(16)14(18)19/h10-12H,4-9H2,1-3H3,(H,15,17)(H,18,19). The fraction of sp³-hybridized carbons (Fsp3) is 0.857. The summed E-state index contributed by atoms with van der Waals surface area (Å²) in [5.74, 6) is -0.786. The van der Waals surface area contributed by atoms with Crippen molar-refractivity contribution < 1.29 is 14.7 Å². The van der Waals surface area contributed by atoms with Gasteiger partial charge in [0.15, 0.2) is 0 Å². The van der Waals surface area contributed by atoms with E-state index >= 15 is 0 Å². The van der Waals surface area contributed by atoms with Gasteiger partial charge in [0.1, 0.15) is 6.04 Å². The molecule has 1 aliphatic heterocycles. The second-order valence-electron chi connectivity index (χ2n) is 5.46. The molecule has 0 spiro atoms. The van der Waals surface area contributed by atoms with Gasteiger partial charge in [-0.05, 0) is 38.6 Å². The average Bonchev–Trinajstić information content (AvgIpc) is 2.37. The Kier molecular flexibility index (Phi) is 6.28. The number of carboxylic acid groups (broad SMARTS) is 1. The molecule has 110 valence electrons. The van der Waals surface area contributed by atoms with E-state index < -0.39 is 12.0 Å². The predicted molar refractivity (Wildman–Crippen MR) is 73.9 cm³/mol. The molecule has 5 nitrogen and oxygen atoms in total. The molecule has 1 amide bonds. The lowest BCUT2D eigenvalue weighted by molar-refractivity contribution is -0.149. The van der Waals surface area contributed by atoms with Gasteiger partial charge in [0.2, 0.25) is 5.91 Å². The highest BCUT2D eigenvalue weighted by Crippen LogP contribution is 2.25. The molecule has 1 rings (SSSR count). The number of nitrogens with zero attached hydrogens (tertiary/aromatic N) is 1. The summed E-state index contributed by atoms with van der Waals surface area (Å²) >= 11 is 0. The van der Waals surface area contributed by atoms with Gasteiger partial charge in [-0.1, -0.05) is 20.3 Å². The van der Waals surface area contributed by atoms with Gasteiger partial charge < -0.3 is 10.4 Å². The summed E-state index contributed by atoms with van der Waals surface area (Å²) in [4.78, 5) is 25.3. The Bertz CT molecular complexity index is 320. The third-order valence-electron chi connectivity index (χ3n) is 3.93. The number of hydrogen-bond donors (Lipinski definition) is 2. The van der Waals surface area contributed by atoms with Crippen molar-refractivity contribution in [2.24, 2.45) is 5.92 Å². The summed E-state index contributed by atoms with van der Waals surface area (Å²) in [7, 11) is 0. The number of carboxylic acids is 1. The van der Waals surface area contributed by atoms with E-state index in [1.165, 1.54) is 0 Å². The van der Waals surface area contributed by atoms with Crippen LogP contribution >= 0.6 is 0 Å². The molecule has 0 aliphatic carbocycles. The highest BCUT2D eigenvalue weighted by molar-refractivity contribution is 5.82. The van der Waals surface area contributed by atoms with Crippen molar-refractivity contribution in [3.63, 3.8) is 0 Å². The number of piperidine rings is 1. The highest BCUT2D eigenvalue weighted by atomic mass is 16.4. The number of carbonyl (C=O) groups excluding carboxylic acids is 1. The average molecular weight is 270 g/mol. The zero-order valence-electron chi connectivity index (χ0n) is 12.2. The van der Waals surface area contributed by atoms with Crippen LogP contribution in [0.15, 0.2) is 0 Å². The molecule has 1 fully saturated rings. The van der Waals surface area contributed by atoms with Crippen molar-refractivity contribution in [1.82, 2.24) is 10.2 Å². The molecule has 5 heteroatoms. The van der Waals surface area contributed by atoms with Gasteiger partial charge in [-0.3, -0.25) is 14.5 Å². The van der Waals surface area contributed by atoms with Crippen molar-refractivity contribution in [1.29, 1.82) is 0 Å². The van der Waals surface area contributed by atoms with Crippen LogP contribution in [0.5, 0.6) is 0 Å². The van der Waals surface area contributed by atoms with E-state index in [4.69, 9.17) is 0 Å². The second-order valence-corrected chi connectivity index (χ2v) is 5.46. The lowest BCUT2D eigenvalue weighted by Gasteiger charge is -2.40. The van der Waals surface area contributed by atoms with Gasteiger partial charge in [0.05, 0.1) is 6.04 Å². The first-order valence-corrected chi connectivity index (χ1v) is 7.25. The van der Waals surface area contributed by atoms with Crippen LogP contribution in [-0.4, -0.2) is 47.1 Å². The number of rotatable bonds is 6. The summed E-state index contributed by atoms with van der Waals surface area (Å²) in [6, 6.07) is -0.915. The van der Waals surface area contributed by atoms with Crippen molar-refractivity contribution in [2.75, 3.05) is 13.1 Å². The smallest absolute Gasteiger partial charge is 0.321 e. The first kappa shape index (κ1) is 16.0. The summed E-state index contributed by atoms with van der Waals surface area (Å²) in [6.45, 7) is 7.18. The molecule has 0 radical (unpaired) electrons. The Balaban J connectivity index is 2.64. The molecular formula is C14H26N2O3. The monoisotopic (exact) mass is 270 g/mol. The molecule has 1 aliphatic rings. The lowest BCUT2D eigenvalue weighted by Crippen LogP contribution is -2.57. The minimum Gasteiger partial charge on any atom is -0.480 e. The quantitative estimate of drug-likeness (QED) is 0.717. The Morgan fingerprint density at radius 3 is 2.74 bits per heavy atom. The molecule has 0 bridgehead atoms. The first-order chi connectivity index (χ1) is 8.99. The topological polar surface area (TPSA) is 69.6 Å². The van der Waals surface area contributed by atoms with E-state index in [1.54, 1.807) is 6.92 Å². The van der Waals surface area contributed by atoms with E-state index in [-0.39, 0.29) is 17.9 Å². The molecule has 3 unspecified atom stereocenters. The maximum absolute atomic E-state index is 12.0. The molecule has 2 N–H and O–H groups in total. The first-order valence-electron chi connectivity index (χ1n) is 7.25. The van der Waals surface area contributed by atoms with Crippen LogP contribution in [0, 0.1) is 5.92 Å². The Morgan fingerprint density at radius 2 is 2.16 bits per heavy atom. The van der Waals surface area contributed by atoms with E-state index in [0.717, 1.165) is 25.7 Å². The van der Waals surface area contributed by atoms with E-state index in [9.17, 15) is 14.7 Å². The SMILES string of the molecule is CCCCNC(=O)C(C)N1CCCC(C)C1C(=O)O. The number of hydrogen-bond acceptors (Lipinski definition) is 3. The minimum absolute atomic E-state index is 0.0613. The normalized spacial score (nSPS) is 25.8. The van der Waals surface area contributed by atoms with Crippen molar-refractivity contribution in [3.05, 3.63) is 0 Å². The Hall–Kier alpha value is -1.10. The number of aliphatic carboxylic acids is 1. The highest BCUT2D eigenvalue weighted by Gasteiger charge is 2.38. The van der Waals surface area contributed by atoms with Crippen molar-refractivity contribution in [2.45, 2.75) is 58.5 Å². The Labute approximate surface area is 115 Å². The van der Waals surface area contributed by atoms with Crippen molar-refractivity contribution >= 4 is 11.9 Å². The van der Waals surface area contributed by atoms with Crippen LogP contribution in [0.3, 0.4) is 0 Å². The van der Waals surface area contributed by atoms with Crippen LogP contribution in [0.1, 0.15) is 46.5 Å². The lowest BCUT2D eigenvalue weighted by atomic mass is 9.89. The number of carbonyl (C=O) groups is 2. The third-order valence-corrected chi connectivity index (χ3v) is 3.93. The van der Waals surface area contributed by atoms with Gasteiger partial charge in [-0.2, -0.15) is 0 Å². The number of likely N-dealkylation sites (tertiary alicyclic amines) is 1. The fourth-order valence-electron chi connectivity index (χ4n) is 2.73. The number of unbranched alkanes of at least 4 members (excludes halogenated alkanes) is 1. The second kappa shape index (κ2) is 7.48. The van der Waals surface area contributed by atoms with Gasteiger partial charge in [0.25, 0.3) is 0 Å². The largest absolute Gasteiger partial charge is 0.480 e. The summed E-state index contributed by atoms with van der Waals surface area (Å²) in [5.41, 5.74) is 0. The molecule has 1 heterocycles. The summed E-state index contributed by atoms with van der Waals surface area (Å²) in [5, 5.41) is 12.2. The molecule has 3 atom stereocenters. The van der Waals surface area contributed by atoms with Crippen LogP contribution in [-0.2, 0) is 9.59 Å². The van der Waals surface area contributed by atoms with Gasteiger partial charge in [0, 0.05) is 6.54 Å². The van der Waals surface area contributed by atoms with Gasteiger partial charge in [-0.25, -0.2) is 0 Å². The molecule has 0 saturated carbocycles. The van der Waals surface area contributed by atoms with E-state index in [2.05, 4.69) is 12.2 Å².